The SMILES string of the molecule is Cc1c(-c2ccc(Oc3ccc(OC(F)(F)F)cc3)cc2)sc2c1c(=O)[nH]c(=O)n2C[C@@H](O)C(F)(F)F. The molecule has 1 atom stereocenters. The number of nitrogens with zero attached hydrogens (tertiary/aromatic N) is 1. The average Bonchev–Trinajstić information content (AvgIpc) is 3.14. The molecule has 0 radical (unpaired) electrons. The molecule has 0 saturated carbocycles. The van der Waals surface area contributed by atoms with Gasteiger partial charge in [0.05, 0.1) is 11.9 Å². The van der Waals surface area contributed by atoms with Crippen molar-refractivity contribution in [1.82, 2.24) is 9.55 Å². The van der Waals surface area contributed by atoms with E-state index < -0.39 is 42.2 Å². The van der Waals surface area contributed by atoms with E-state index in [0.717, 1.165) is 23.5 Å². The first kappa shape index (κ1) is 26.3. The summed E-state index contributed by atoms with van der Waals surface area (Å²) in [6.07, 6.45) is -12.6. The maximum absolute atomic E-state index is 12.9. The topological polar surface area (TPSA) is 93.5 Å². The van der Waals surface area contributed by atoms with Gasteiger partial charge in [0.1, 0.15) is 22.1 Å². The molecule has 0 aliphatic heterocycles. The third kappa shape index (κ3) is 5.80. The number of nitrogens with one attached hydrogen (secondary N) is 1. The van der Waals surface area contributed by atoms with E-state index in [0.29, 0.717) is 26.3 Å². The molecule has 7 nitrogen and oxygen atoms in total. The second-order valence-corrected chi connectivity index (χ2v) is 8.81. The minimum Gasteiger partial charge on any atom is -0.457 e. The molecule has 2 heterocycles. The van der Waals surface area contributed by atoms with Crippen LogP contribution in [0.2, 0.25) is 0 Å². The summed E-state index contributed by atoms with van der Waals surface area (Å²) in [5.74, 6) is 0.154. The summed E-state index contributed by atoms with van der Waals surface area (Å²) in [4.78, 5) is 27.1. The highest BCUT2D eigenvalue weighted by Crippen LogP contribution is 2.37. The number of aryl methyl sites for hydroxylation is 1. The number of ether oxygens (including phenoxy) is 2. The Kier molecular flexibility index (Phi) is 6.81. The van der Waals surface area contributed by atoms with Crippen LogP contribution in [0.1, 0.15) is 5.56 Å². The van der Waals surface area contributed by atoms with Crippen LogP contribution in [0.15, 0.2) is 58.1 Å². The minimum atomic E-state index is -4.96. The fourth-order valence-electron chi connectivity index (χ4n) is 3.51. The van der Waals surface area contributed by atoms with E-state index in [1.54, 1.807) is 31.2 Å². The normalized spacial score (nSPS) is 13.1. The highest BCUT2D eigenvalue weighted by molar-refractivity contribution is 7.22. The zero-order valence-electron chi connectivity index (χ0n) is 18.6. The van der Waals surface area contributed by atoms with Crippen LogP contribution in [0, 0.1) is 6.92 Å². The van der Waals surface area contributed by atoms with Gasteiger partial charge in [0.25, 0.3) is 5.56 Å². The molecule has 0 saturated heterocycles. The molecule has 14 heteroatoms. The quantitative estimate of drug-likeness (QED) is 0.319. The number of rotatable bonds is 6. The first-order valence-corrected chi connectivity index (χ1v) is 11.2. The van der Waals surface area contributed by atoms with Gasteiger partial charge in [0, 0.05) is 4.88 Å². The number of aromatic nitrogens is 2. The number of H-pyrrole nitrogens is 1. The molecule has 0 spiro atoms. The molecular formula is C23H16F6N2O5S. The van der Waals surface area contributed by atoms with Gasteiger partial charge in [-0.2, -0.15) is 13.2 Å². The first-order valence-electron chi connectivity index (χ1n) is 10.4. The molecule has 0 unspecified atom stereocenters. The van der Waals surface area contributed by atoms with Crippen molar-refractivity contribution >= 4 is 21.6 Å². The summed E-state index contributed by atoms with van der Waals surface area (Å²) in [6.45, 7) is 0.488. The molecule has 0 fully saturated rings. The minimum absolute atomic E-state index is 0.0222. The van der Waals surface area contributed by atoms with Crippen molar-refractivity contribution in [2.45, 2.75) is 32.1 Å². The van der Waals surface area contributed by atoms with E-state index in [9.17, 15) is 41.0 Å². The van der Waals surface area contributed by atoms with Crippen molar-refractivity contribution < 1.29 is 40.9 Å². The number of thiophene rings is 1. The van der Waals surface area contributed by atoms with Crippen LogP contribution in [0.5, 0.6) is 17.2 Å². The highest BCUT2D eigenvalue weighted by Gasteiger charge is 2.39. The molecule has 2 aromatic carbocycles. The van der Waals surface area contributed by atoms with Crippen LogP contribution in [-0.4, -0.2) is 33.3 Å². The summed E-state index contributed by atoms with van der Waals surface area (Å²) < 4.78 is 85.6. The number of fused-ring (bicyclic) bond motifs is 1. The molecule has 37 heavy (non-hydrogen) atoms. The van der Waals surface area contributed by atoms with E-state index in [1.165, 1.54) is 12.1 Å². The molecule has 2 N–H and O–H groups in total. The Balaban J connectivity index is 1.62. The lowest BCUT2D eigenvalue weighted by molar-refractivity contribution is -0.274. The zero-order chi connectivity index (χ0) is 27.1. The monoisotopic (exact) mass is 546 g/mol. The second kappa shape index (κ2) is 9.59. The van der Waals surface area contributed by atoms with Crippen molar-refractivity contribution in [3.05, 3.63) is 74.9 Å². The first-order chi connectivity index (χ1) is 17.2. The molecule has 2 aromatic heterocycles. The number of alkyl halides is 6. The maximum Gasteiger partial charge on any atom is 0.573 e. The van der Waals surface area contributed by atoms with Crippen molar-refractivity contribution in [1.29, 1.82) is 0 Å². The lowest BCUT2D eigenvalue weighted by atomic mass is 10.1. The summed E-state index contributed by atoms with van der Waals surface area (Å²) in [7, 11) is 0. The van der Waals surface area contributed by atoms with Crippen LogP contribution in [0.3, 0.4) is 0 Å². The standard InChI is InChI=1S/C23H16F6N2O5S/c1-11-17-19(33)30-21(34)31(10-16(32)22(24,25)26)20(17)37-18(11)12-2-4-13(5-3-12)35-14-6-8-15(9-7-14)36-23(27,28)29/h2-9,16,32H,10H2,1H3,(H,30,33,34)/t16-/m1/s1. The fraction of sp³-hybridized carbons (Fsp3) is 0.217. The molecule has 0 aliphatic carbocycles. The predicted octanol–water partition coefficient (Wildman–Crippen LogP) is 5.34. The Bertz CT molecular complexity index is 1540. The van der Waals surface area contributed by atoms with Crippen LogP contribution >= 0.6 is 11.3 Å². The van der Waals surface area contributed by atoms with Crippen LogP contribution < -0.4 is 20.7 Å². The smallest absolute Gasteiger partial charge is 0.457 e. The largest absolute Gasteiger partial charge is 0.573 e. The van der Waals surface area contributed by atoms with Gasteiger partial charge >= 0.3 is 18.2 Å². The number of halogens is 6. The second-order valence-electron chi connectivity index (χ2n) is 7.81. The van der Waals surface area contributed by atoms with Gasteiger partial charge in [-0.3, -0.25) is 14.3 Å². The van der Waals surface area contributed by atoms with E-state index in [1.807, 2.05) is 4.98 Å². The number of benzene rings is 2. The molecule has 0 aliphatic rings. The van der Waals surface area contributed by atoms with Gasteiger partial charge < -0.3 is 14.6 Å². The Morgan fingerprint density at radius 1 is 0.946 bits per heavy atom. The Hall–Kier alpha value is -3.78. The summed E-state index contributed by atoms with van der Waals surface area (Å²) in [5, 5.41) is 9.48. The maximum atomic E-state index is 12.9. The average molecular weight is 546 g/mol. The number of aromatic amines is 1. The fourth-order valence-corrected chi connectivity index (χ4v) is 4.83. The van der Waals surface area contributed by atoms with Crippen molar-refractivity contribution in [2.75, 3.05) is 0 Å². The third-order valence-electron chi connectivity index (χ3n) is 5.21. The third-order valence-corrected chi connectivity index (χ3v) is 6.57. The van der Waals surface area contributed by atoms with Gasteiger partial charge in [0.2, 0.25) is 0 Å². The number of hydrogen-bond donors (Lipinski definition) is 2. The van der Waals surface area contributed by atoms with Gasteiger partial charge in [-0.1, -0.05) is 0 Å². The van der Waals surface area contributed by atoms with E-state index >= 15 is 0 Å². The van der Waals surface area contributed by atoms with E-state index in [2.05, 4.69) is 4.74 Å². The predicted molar refractivity (Wildman–Crippen MR) is 122 cm³/mol. The van der Waals surface area contributed by atoms with E-state index in [4.69, 9.17) is 4.74 Å². The zero-order valence-corrected chi connectivity index (χ0v) is 19.4. The number of hydrogen-bond acceptors (Lipinski definition) is 6. The molecule has 0 bridgehead atoms. The summed E-state index contributed by atoms with van der Waals surface area (Å²) >= 11 is 0.918. The van der Waals surface area contributed by atoms with E-state index in [-0.39, 0.29) is 16.0 Å². The van der Waals surface area contributed by atoms with Gasteiger partial charge in [-0.15, -0.1) is 24.5 Å². The summed E-state index contributed by atoms with van der Waals surface area (Å²) in [6, 6.07) is 11.0. The Morgan fingerprint density at radius 3 is 2.03 bits per heavy atom. The van der Waals surface area contributed by atoms with Crippen molar-refractivity contribution in [2.24, 2.45) is 0 Å². The van der Waals surface area contributed by atoms with Crippen molar-refractivity contribution in [3.63, 3.8) is 0 Å². The molecule has 196 valence electrons. The number of aliphatic hydroxyl groups excluding tert-OH is 1. The molecule has 4 rings (SSSR count). The van der Waals surface area contributed by atoms with Gasteiger partial charge in [-0.05, 0) is 66.6 Å². The van der Waals surface area contributed by atoms with Crippen LogP contribution in [0.25, 0.3) is 20.7 Å². The van der Waals surface area contributed by atoms with Crippen molar-refractivity contribution in [3.8, 4) is 27.7 Å². The van der Waals surface area contributed by atoms with Crippen LogP contribution in [0.4, 0.5) is 26.3 Å². The lowest BCUT2D eigenvalue weighted by Gasteiger charge is -2.15. The lowest BCUT2D eigenvalue weighted by Crippen LogP contribution is -2.38. The summed E-state index contributed by atoms with van der Waals surface area (Å²) in [5.41, 5.74) is -0.861. The molecular weight excluding hydrogens is 530 g/mol. The molecule has 0 amide bonds. The highest BCUT2D eigenvalue weighted by atomic mass is 32.1. The molecule has 4 aromatic rings. The van der Waals surface area contributed by atoms with Gasteiger partial charge in [-0.25, -0.2) is 4.79 Å². The Labute approximate surface area is 207 Å². The van der Waals surface area contributed by atoms with Gasteiger partial charge in [0.15, 0.2) is 6.10 Å². The Morgan fingerprint density at radius 2 is 1.49 bits per heavy atom. The van der Waals surface area contributed by atoms with Crippen LogP contribution in [-0.2, 0) is 6.54 Å². The number of aliphatic hydroxyl groups is 1.